The molecule has 0 rings (SSSR count). The highest BCUT2D eigenvalue weighted by atomic mass is 16.4. The summed E-state index contributed by atoms with van der Waals surface area (Å²) in [7, 11) is 0. The predicted octanol–water partition coefficient (Wildman–Crippen LogP) is 1.58. The monoisotopic (exact) mass is 157 g/mol. The van der Waals surface area contributed by atoms with Crippen molar-refractivity contribution < 1.29 is 9.90 Å². The molecule has 64 valence electrons. The summed E-state index contributed by atoms with van der Waals surface area (Å²) in [4.78, 5) is 14.1. The molecule has 0 radical (unpaired) electrons. The third-order valence-electron chi connectivity index (χ3n) is 1.59. The van der Waals surface area contributed by atoms with E-state index in [1.54, 1.807) is 0 Å². The Morgan fingerprint density at radius 1 is 1.64 bits per heavy atom. The third kappa shape index (κ3) is 3.75. The fraction of sp³-hybridized carbons (Fsp3) is 0.750. The van der Waals surface area contributed by atoms with Gasteiger partial charge < -0.3 is 5.11 Å². The van der Waals surface area contributed by atoms with E-state index < -0.39 is 5.97 Å². The Labute approximate surface area is 67.1 Å². The van der Waals surface area contributed by atoms with Crippen molar-refractivity contribution in [3.8, 4) is 0 Å². The second-order valence-electron chi connectivity index (χ2n) is 3.66. The van der Waals surface area contributed by atoms with E-state index in [0.717, 1.165) is 0 Å². The van der Waals surface area contributed by atoms with Gasteiger partial charge in [-0.1, -0.05) is 20.8 Å². The molecule has 1 N–H and O–H groups in total. The Morgan fingerprint density at radius 3 is 2.18 bits per heavy atom. The lowest BCUT2D eigenvalue weighted by Crippen LogP contribution is -2.26. The average Bonchev–Trinajstić information content (AvgIpc) is 1.79. The van der Waals surface area contributed by atoms with Crippen molar-refractivity contribution in [3.05, 3.63) is 0 Å². The minimum absolute atomic E-state index is 0.0625. The second-order valence-corrected chi connectivity index (χ2v) is 3.66. The molecule has 0 aliphatic rings. The van der Waals surface area contributed by atoms with E-state index in [-0.39, 0.29) is 17.9 Å². The quantitative estimate of drug-likeness (QED) is 0.632. The maximum atomic E-state index is 10.3. The van der Waals surface area contributed by atoms with Crippen LogP contribution in [0.5, 0.6) is 0 Å². The highest BCUT2D eigenvalue weighted by Gasteiger charge is 2.25. The molecule has 0 spiro atoms. The Kier molecular flexibility index (Phi) is 3.23. The lowest BCUT2D eigenvalue weighted by atomic mass is 9.85. The van der Waals surface area contributed by atoms with Crippen LogP contribution in [0.2, 0.25) is 0 Å². The molecule has 0 heterocycles. The van der Waals surface area contributed by atoms with Crippen LogP contribution < -0.4 is 0 Å². The summed E-state index contributed by atoms with van der Waals surface area (Å²) in [5.74, 6) is -0.822. The first-order chi connectivity index (χ1) is 4.88. The van der Waals surface area contributed by atoms with E-state index in [4.69, 9.17) is 5.11 Å². The van der Waals surface area contributed by atoms with Gasteiger partial charge in [-0.3, -0.25) is 9.79 Å². The van der Waals surface area contributed by atoms with Gasteiger partial charge in [0.25, 0.3) is 0 Å². The first kappa shape index (κ1) is 10.1. The van der Waals surface area contributed by atoms with E-state index in [0.29, 0.717) is 0 Å². The molecule has 3 heteroatoms. The van der Waals surface area contributed by atoms with Crippen molar-refractivity contribution in [2.75, 3.05) is 0 Å². The molecule has 0 aromatic rings. The van der Waals surface area contributed by atoms with Gasteiger partial charge in [0.2, 0.25) is 0 Å². The molecule has 11 heavy (non-hydrogen) atoms. The first-order valence-corrected chi connectivity index (χ1v) is 3.55. The van der Waals surface area contributed by atoms with Crippen LogP contribution in [-0.2, 0) is 4.79 Å². The number of hydrogen-bond donors (Lipinski definition) is 1. The van der Waals surface area contributed by atoms with Crippen LogP contribution in [0, 0.1) is 5.41 Å². The summed E-state index contributed by atoms with van der Waals surface area (Å²) >= 11 is 0. The Hall–Kier alpha value is -0.860. The molecule has 0 bridgehead atoms. The normalized spacial score (nSPS) is 14.1. The van der Waals surface area contributed by atoms with Gasteiger partial charge in [-0.05, 0) is 12.1 Å². The van der Waals surface area contributed by atoms with Crippen LogP contribution in [0.15, 0.2) is 4.99 Å². The minimum Gasteiger partial charge on any atom is -0.481 e. The van der Waals surface area contributed by atoms with Crippen LogP contribution in [0.1, 0.15) is 27.2 Å². The number of rotatable bonds is 3. The second kappa shape index (κ2) is 3.51. The number of aliphatic imine (C=N–C) groups is 1. The zero-order chi connectivity index (χ0) is 9.07. The van der Waals surface area contributed by atoms with Crippen molar-refractivity contribution >= 4 is 12.7 Å². The molecule has 1 atom stereocenters. The van der Waals surface area contributed by atoms with Gasteiger partial charge in [0.15, 0.2) is 0 Å². The lowest BCUT2D eigenvalue weighted by molar-refractivity contribution is -0.137. The van der Waals surface area contributed by atoms with E-state index >= 15 is 0 Å². The molecule has 0 saturated heterocycles. The number of nitrogens with zero attached hydrogens (tertiary/aromatic N) is 1. The van der Waals surface area contributed by atoms with Gasteiger partial charge in [0, 0.05) is 0 Å². The Morgan fingerprint density at radius 2 is 2.09 bits per heavy atom. The van der Waals surface area contributed by atoms with Crippen LogP contribution in [0.3, 0.4) is 0 Å². The van der Waals surface area contributed by atoms with E-state index in [1.165, 1.54) is 0 Å². The summed E-state index contributed by atoms with van der Waals surface area (Å²) in [6, 6.07) is -0.194. The molecular formula is C8H15NO2. The van der Waals surface area contributed by atoms with Crippen molar-refractivity contribution in [1.82, 2.24) is 0 Å². The zero-order valence-corrected chi connectivity index (χ0v) is 7.29. The molecule has 0 aromatic heterocycles. The Bertz CT molecular complexity index is 158. The summed E-state index contributed by atoms with van der Waals surface area (Å²) in [6.07, 6.45) is 0.0625. The number of aliphatic carboxylic acids is 1. The molecule has 0 aliphatic carbocycles. The van der Waals surface area contributed by atoms with Gasteiger partial charge in [-0.15, -0.1) is 0 Å². The number of carboxylic acids is 1. The molecule has 3 nitrogen and oxygen atoms in total. The molecule has 0 aliphatic heterocycles. The highest BCUT2D eigenvalue weighted by Crippen LogP contribution is 2.24. The maximum absolute atomic E-state index is 10.3. The summed E-state index contributed by atoms with van der Waals surface area (Å²) in [6.45, 7) is 9.23. The molecule has 0 aromatic carbocycles. The molecule has 0 saturated carbocycles. The molecular weight excluding hydrogens is 142 g/mol. The van der Waals surface area contributed by atoms with Crippen molar-refractivity contribution in [1.29, 1.82) is 0 Å². The third-order valence-corrected chi connectivity index (χ3v) is 1.59. The van der Waals surface area contributed by atoms with Crippen LogP contribution >= 0.6 is 0 Å². The fourth-order valence-electron chi connectivity index (χ4n) is 0.810. The largest absolute Gasteiger partial charge is 0.481 e. The van der Waals surface area contributed by atoms with Gasteiger partial charge in [-0.2, -0.15) is 0 Å². The summed E-state index contributed by atoms with van der Waals surface area (Å²) < 4.78 is 0. The highest BCUT2D eigenvalue weighted by molar-refractivity contribution is 5.67. The lowest BCUT2D eigenvalue weighted by Gasteiger charge is -2.25. The molecule has 1 unspecified atom stereocenters. The van der Waals surface area contributed by atoms with Crippen LogP contribution in [0.25, 0.3) is 0 Å². The van der Waals surface area contributed by atoms with Crippen molar-refractivity contribution in [3.63, 3.8) is 0 Å². The molecule has 0 fully saturated rings. The Balaban J connectivity index is 4.18. The average molecular weight is 157 g/mol. The van der Waals surface area contributed by atoms with Crippen molar-refractivity contribution in [2.24, 2.45) is 10.4 Å². The number of hydrogen-bond acceptors (Lipinski definition) is 2. The van der Waals surface area contributed by atoms with Gasteiger partial charge >= 0.3 is 5.97 Å². The summed E-state index contributed by atoms with van der Waals surface area (Å²) in [5.41, 5.74) is -0.111. The number of carboxylic acid groups (broad SMARTS) is 1. The van der Waals surface area contributed by atoms with E-state index in [1.807, 2.05) is 20.8 Å². The predicted molar refractivity (Wildman–Crippen MR) is 45.0 cm³/mol. The fourth-order valence-corrected chi connectivity index (χ4v) is 0.810. The van der Waals surface area contributed by atoms with Gasteiger partial charge in [-0.25, -0.2) is 0 Å². The van der Waals surface area contributed by atoms with Crippen molar-refractivity contribution in [2.45, 2.75) is 33.2 Å². The minimum atomic E-state index is -0.822. The van der Waals surface area contributed by atoms with Crippen LogP contribution in [0.4, 0.5) is 0 Å². The molecule has 0 amide bonds. The van der Waals surface area contributed by atoms with E-state index in [2.05, 4.69) is 11.7 Å². The maximum Gasteiger partial charge on any atom is 0.305 e. The topological polar surface area (TPSA) is 49.7 Å². The number of carbonyl (C=O) groups is 1. The zero-order valence-electron chi connectivity index (χ0n) is 7.29. The van der Waals surface area contributed by atoms with E-state index in [9.17, 15) is 4.79 Å². The van der Waals surface area contributed by atoms with Gasteiger partial charge in [0.05, 0.1) is 12.5 Å². The summed E-state index contributed by atoms with van der Waals surface area (Å²) in [5, 5.41) is 8.49. The van der Waals surface area contributed by atoms with Gasteiger partial charge in [0.1, 0.15) is 0 Å². The SMILES string of the molecule is C=NC(CC(=O)O)C(C)(C)C. The standard InChI is InChI=1S/C8H15NO2/c1-8(2,3)6(9-4)5-7(10)11/h6H,4-5H2,1-3H3,(H,10,11). The van der Waals surface area contributed by atoms with Crippen LogP contribution in [-0.4, -0.2) is 23.8 Å². The smallest absolute Gasteiger partial charge is 0.305 e. The first-order valence-electron chi connectivity index (χ1n) is 3.55.